The lowest BCUT2D eigenvalue weighted by atomic mass is 9.86. The number of hydrogen-bond donors (Lipinski definition) is 2. The Labute approximate surface area is 273 Å². The van der Waals surface area contributed by atoms with Crippen molar-refractivity contribution in [2.75, 3.05) is 56.5 Å². The molecule has 0 radical (unpaired) electrons. The van der Waals surface area contributed by atoms with Crippen LogP contribution in [-0.4, -0.2) is 65.2 Å². The fraction of sp³-hybridized carbons (Fsp3) is 0.368. The van der Waals surface area contributed by atoms with Gasteiger partial charge in [0.15, 0.2) is 5.82 Å². The average molecular weight is 621 g/mol. The maximum absolute atomic E-state index is 13.1. The van der Waals surface area contributed by atoms with Crippen LogP contribution in [0.25, 0.3) is 17.0 Å². The van der Waals surface area contributed by atoms with Gasteiger partial charge >= 0.3 is 0 Å². The molecule has 1 aromatic heterocycles. The Balaban J connectivity index is 1.25. The van der Waals surface area contributed by atoms with Gasteiger partial charge < -0.3 is 24.8 Å². The summed E-state index contributed by atoms with van der Waals surface area (Å²) in [6, 6.07) is 22.3. The Hall–Kier alpha value is -4.40. The van der Waals surface area contributed by atoms with Crippen LogP contribution in [-0.2, 0) is 12.5 Å². The van der Waals surface area contributed by atoms with E-state index in [4.69, 9.17) is 9.72 Å². The fourth-order valence-electron chi connectivity index (χ4n) is 5.67. The Morgan fingerprint density at radius 3 is 2.28 bits per heavy atom. The van der Waals surface area contributed by atoms with E-state index in [0.29, 0.717) is 12.3 Å². The van der Waals surface area contributed by atoms with E-state index in [9.17, 15) is 4.79 Å². The SMILES string of the molecule is C=C(Nc1cccc(-c2cn(C)c(=O)c(Nc3ccc(OCCN4CCN(CC)CC4)cc3)n2)c1C)c1ccc(C(C)(C)C)cc1. The summed E-state index contributed by atoms with van der Waals surface area (Å²) in [4.78, 5) is 22.8. The third-order valence-corrected chi connectivity index (χ3v) is 8.77. The van der Waals surface area contributed by atoms with Gasteiger partial charge in [0.25, 0.3) is 5.56 Å². The van der Waals surface area contributed by atoms with Crippen molar-refractivity contribution in [3.63, 3.8) is 0 Å². The van der Waals surface area contributed by atoms with Gasteiger partial charge in [-0.25, -0.2) is 4.98 Å². The summed E-state index contributed by atoms with van der Waals surface area (Å²) in [7, 11) is 1.75. The van der Waals surface area contributed by atoms with Crippen molar-refractivity contribution in [3.05, 3.63) is 107 Å². The molecule has 1 fully saturated rings. The maximum Gasteiger partial charge on any atom is 0.293 e. The number of piperazine rings is 1. The van der Waals surface area contributed by atoms with Crippen molar-refractivity contribution >= 4 is 22.9 Å². The first-order chi connectivity index (χ1) is 22.0. The quantitative estimate of drug-likeness (QED) is 0.189. The standard InChI is InChI=1S/C38H48N6O2/c1-8-43-20-22-44(23-21-43)24-25-46-32-18-16-31(17-19-32)40-36-37(45)42(7)26-35(41-36)33-10-9-11-34(27(33)2)39-28(3)29-12-14-30(15-13-29)38(4,5)6/h9-19,26,39H,3,8,20-25H2,1-2,4-7H3,(H,40,41). The zero-order valence-corrected chi connectivity index (χ0v) is 28.2. The van der Waals surface area contributed by atoms with Gasteiger partial charge in [0.2, 0.25) is 0 Å². The molecule has 0 saturated carbocycles. The molecular weight excluding hydrogens is 572 g/mol. The van der Waals surface area contributed by atoms with E-state index < -0.39 is 0 Å². The average Bonchev–Trinajstić information content (AvgIpc) is 3.05. The summed E-state index contributed by atoms with van der Waals surface area (Å²) < 4.78 is 7.58. The largest absolute Gasteiger partial charge is 0.492 e. The van der Waals surface area contributed by atoms with E-state index >= 15 is 0 Å². The van der Waals surface area contributed by atoms with Gasteiger partial charge in [-0.2, -0.15) is 0 Å². The van der Waals surface area contributed by atoms with Crippen molar-refractivity contribution in [3.8, 4) is 17.0 Å². The summed E-state index contributed by atoms with van der Waals surface area (Å²) >= 11 is 0. The third-order valence-electron chi connectivity index (χ3n) is 8.77. The van der Waals surface area contributed by atoms with Crippen LogP contribution in [0.3, 0.4) is 0 Å². The second kappa shape index (κ2) is 14.4. The van der Waals surface area contributed by atoms with Crippen LogP contribution in [0.4, 0.5) is 17.2 Å². The zero-order chi connectivity index (χ0) is 32.8. The molecule has 1 aliphatic rings. The van der Waals surface area contributed by atoms with Gasteiger partial charge in [0.1, 0.15) is 12.4 Å². The van der Waals surface area contributed by atoms with Crippen molar-refractivity contribution in [2.24, 2.45) is 7.05 Å². The first-order valence-corrected chi connectivity index (χ1v) is 16.2. The molecule has 8 heteroatoms. The molecule has 5 rings (SSSR count). The van der Waals surface area contributed by atoms with Crippen LogP contribution in [0.15, 0.2) is 84.3 Å². The van der Waals surface area contributed by atoms with Gasteiger partial charge in [-0.1, -0.05) is 70.7 Å². The Morgan fingerprint density at radius 2 is 1.63 bits per heavy atom. The van der Waals surface area contributed by atoms with E-state index in [1.165, 1.54) is 5.56 Å². The normalized spacial score (nSPS) is 14.2. The summed E-state index contributed by atoms with van der Waals surface area (Å²) in [5.41, 5.74) is 7.37. The molecule has 242 valence electrons. The van der Waals surface area contributed by atoms with Crippen LogP contribution >= 0.6 is 0 Å². The number of ether oxygens (including phenoxy) is 1. The van der Waals surface area contributed by atoms with E-state index in [1.807, 2.05) is 42.5 Å². The molecular formula is C38H48N6O2. The Kier molecular flexibility index (Phi) is 10.3. The highest BCUT2D eigenvalue weighted by atomic mass is 16.5. The molecule has 0 amide bonds. The van der Waals surface area contributed by atoms with Crippen LogP contribution in [0.1, 0.15) is 44.4 Å². The Morgan fingerprint density at radius 1 is 0.957 bits per heavy atom. The molecule has 0 spiro atoms. The highest BCUT2D eigenvalue weighted by molar-refractivity contribution is 5.80. The minimum atomic E-state index is -0.203. The number of benzene rings is 3. The van der Waals surface area contributed by atoms with Crippen molar-refractivity contribution < 1.29 is 4.74 Å². The maximum atomic E-state index is 13.1. The number of nitrogens with zero attached hydrogens (tertiary/aromatic N) is 4. The van der Waals surface area contributed by atoms with E-state index in [2.05, 4.69) is 85.9 Å². The minimum Gasteiger partial charge on any atom is -0.492 e. The molecule has 4 aromatic rings. The van der Waals surface area contributed by atoms with Crippen LogP contribution in [0, 0.1) is 6.92 Å². The number of hydrogen-bond acceptors (Lipinski definition) is 7. The van der Waals surface area contributed by atoms with E-state index in [0.717, 1.165) is 78.8 Å². The molecule has 1 aliphatic heterocycles. The Bertz CT molecular complexity index is 1700. The van der Waals surface area contributed by atoms with Crippen molar-refractivity contribution in [1.29, 1.82) is 0 Å². The van der Waals surface area contributed by atoms with Crippen LogP contribution in [0.5, 0.6) is 5.75 Å². The summed E-state index contributed by atoms with van der Waals surface area (Å²) in [5, 5.41) is 6.72. The molecule has 8 nitrogen and oxygen atoms in total. The molecule has 2 N–H and O–H groups in total. The summed E-state index contributed by atoms with van der Waals surface area (Å²) in [5.74, 6) is 1.07. The molecule has 46 heavy (non-hydrogen) atoms. The summed E-state index contributed by atoms with van der Waals surface area (Å²) in [6.45, 7) is 22.3. The first kappa shape index (κ1) is 33.0. The number of nitrogens with one attached hydrogen (secondary N) is 2. The lowest BCUT2D eigenvalue weighted by Gasteiger charge is -2.33. The number of rotatable bonds is 11. The van der Waals surface area contributed by atoms with Crippen LogP contribution in [0.2, 0.25) is 0 Å². The molecule has 0 unspecified atom stereocenters. The van der Waals surface area contributed by atoms with Crippen LogP contribution < -0.4 is 20.9 Å². The van der Waals surface area contributed by atoms with Crippen molar-refractivity contribution in [1.82, 2.24) is 19.4 Å². The number of anilines is 3. The van der Waals surface area contributed by atoms with Gasteiger partial charge in [-0.3, -0.25) is 9.69 Å². The molecule has 3 aromatic carbocycles. The second-order valence-corrected chi connectivity index (χ2v) is 13.1. The number of aryl methyl sites for hydroxylation is 1. The predicted octanol–water partition coefficient (Wildman–Crippen LogP) is 6.90. The highest BCUT2D eigenvalue weighted by Gasteiger charge is 2.17. The second-order valence-electron chi connectivity index (χ2n) is 13.1. The molecule has 0 aliphatic carbocycles. The molecule has 0 atom stereocenters. The lowest BCUT2D eigenvalue weighted by molar-refractivity contribution is 0.121. The third kappa shape index (κ3) is 8.05. The van der Waals surface area contributed by atoms with E-state index in [1.54, 1.807) is 17.8 Å². The highest BCUT2D eigenvalue weighted by Crippen LogP contribution is 2.31. The molecule has 1 saturated heterocycles. The summed E-state index contributed by atoms with van der Waals surface area (Å²) in [6.07, 6.45) is 1.78. The number of likely N-dealkylation sites (N-methyl/N-ethyl adjacent to an activating group) is 1. The monoisotopic (exact) mass is 620 g/mol. The van der Waals surface area contributed by atoms with Gasteiger partial charge in [-0.15, -0.1) is 0 Å². The molecule has 2 heterocycles. The molecule has 0 bridgehead atoms. The zero-order valence-electron chi connectivity index (χ0n) is 28.2. The minimum absolute atomic E-state index is 0.0940. The predicted molar refractivity (Wildman–Crippen MR) is 191 cm³/mol. The fourth-order valence-corrected chi connectivity index (χ4v) is 5.67. The van der Waals surface area contributed by atoms with E-state index in [-0.39, 0.29) is 16.8 Å². The lowest BCUT2D eigenvalue weighted by Crippen LogP contribution is -2.47. The number of aromatic nitrogens is 2. The first-order valence-electron chi connectivity index (χ1n) is 16.2. The van der Waals surface area contributed by atoms with Crippen molar-refractivity contribution in [2.45, 2.75) is 40.0 Å². The van der Waals surface area contributed by atoms with Gasteiger partial charge in [0, 0.05) is 68.6 Å². The van der Waals surface area contributed by atoms with Gasteiger partial charge in [-0.05, 0) is 65.9 Å². The van der Waals surface area contributed by atoms with Gasteiger partial charge in [0.05, 0.1) is 5.69 Å². The topological polar surface area (TPSA) is 74.7 Å². The smallest absolute Gasteiger partial charge is 0.293 e.